The summed E-state index contributed by atoms with van der Waals surface area (Å²) in [5.41, 5.74) is 4.83. The van der Waals surface area contributed by atoms with E-state index >= 15 is 0 Å². The van der Waals surface area contributed by atoms with Gasteiger partial charge in [-0.2, -0.15) is 5.10 Å². The Morgan fingerprint density at radius 2 is 1.91 bits per heavy atom. The lowest BCUT2D eigenvalue weighted by Gasteiger charge is -2.22. The summed E-state index contributed by atoms with van der Waals surface area (Å²) >= 11 is 0. The number of rotatable bonds is 7. The summed E-state index contributed by atoms with van der Waals surface area (Å²) in [6, 6.07) is 11.4. The van der Waals surface area contributed by atoms with Crippen molar-refractivity contribution in [3.63, 3.8) is 0 Å². The molecule has 0 unspecified atom stereocenters. The number of likely N-dealkylation sites (N-methyl/N-ethyl adjacent to an activating group) is 1. The van der Waals surface area contributed by atoms with Crippen LogP contribution in [0.3, 0.4) is 0 Å². The number of pyridine rings is 3. The van der Waals surface area contributed by atoms with Gasteiger partial charge in [0.25, 0.3) is 0 Å². The molecule has 0 radical (unpaired) electrons. The van der Waals surface area contributed by atoms with Crippen molar-refractivity contribution in [2.45, 2.75) is 19.8 Å². The number of anilines is 3. The normalized spacial score (nSPS) is 11.5. The molecule has 9 heteroatoms. The van der Waals surface area contributed by atoms with Gasteiger partial charge in [0.1, 0.15) is 11.7 Å². The van der Waals surface area contributed by atoms with Gasteiger partial charge in [-0.3, -0.25) is 15.4 Å². The van der Waals surface area contributed by atoms with E-state index in [4.69, 9.17) is 10.4 Å². The van der Waals surface area contributed by atoms with Gasteiger partial charge in [0, 0.05) is 43.8 Å². The average Bonchev–Trinajstić information content (AvgIpc) is 2.86. The van der Waals surface area contributed by atoms with Gasteiger partial charge in [-0.05, 0) is 47.9 Å². The summed E-state index contributed by atoms with van der Waals surface area (Å²) in [7, 11) is 3.64. The molecule has 4 aromatic heterocycles. The van der Waals surface area contributed by atoms with Crippen molar-refractivity contribution in [3.05, 3.63) is 78.5 Å². The fraction of sp³-hybridized carbons (Fsp3) is 0.200. The second kappa shape index (κ2) is 10.0. The summed E-state index contributed by atoms with van der Waals surface area (Å²) in [5, 5.41) is 23.3. The van der Waals surface area contributed by atoms with E-state index < -0.39 is 0 Å². The van der Waals surface area contributed by atoms with E-state index in [1.165, 1.54) is 0 Å². The Bertz CT molecular complexity index is 1330. The number of hydrogen-bond acceptors (Lipinski definition) is 8. The summed E-state index contributed by atoms with van der Waals surface area (Å²) < 4.78 is 0. The molecule has 0 bridgehead atoms. The van der Waals surface area contributed by atoms with Crippen LogP contribution in [0.1, 0.15) is 30.9 Å². The lowest BCUT2D eigenvalue weighted by molar-refractivity contribution is 0.843. The minimum atomic E-state index is 0.304. The smallest absolute Gasteiger partial charge is 0.154 e. The zero-order valence-electron chi connectivity index (χ0n) is 19.6. The molecule has 0 aliphatic rings. The number of nitrogens with zero attached hydrogens (tertiary/aromatic N) is 6. The molecule has 4 heterocycles. The highest BCUT2D eigenvalue weighted by Gasteiger charge is 2.16. The first kappa shape index (κ1) is 22.8. The third-order valence-corrected chi connectivity index (χ3v) is 5.36. The molecule has 0 spiro atoms. The molecule has 34 heavy (non-hydrogen) atoms. The monoisotopic (exact) mass is 453 g/mol. The Hall–Kier alpha value is -4.40. The minimum absolute atomic E-state index is 0.304. The first-order valence-electron chi connectivity index (χ1n) is 10.9. The molecule has 172 valence electrons. The highest BCUT2D eigenvalue weighted by Crippen LogP contribution is 2.24. The Labute approximate surface area is 198 Å². The maximum atomic E-state index is 8.80. The van der Waals surface area contributed by atoms with Gasteiger partial charge in [-0.25, -0.2) is 4.98 Å². The summed E-state index contributed by atoms with van der Waals surface area (Å²) in [4.78, 5) is 15.2. The van der Waals surface area contributed by atoms with Crippen LogP contribution in [0.2, 0.25) is 0 Å². The first-order chi connectivity index (χ1) is 16.5. The van der Waals surface area contributed by atoms with Crippen LogP contribution < -0.4 is 15.5 Å². The molecule has 0 aliphatic heterocycles. The van der Waals surface area contributed by atoms with E-state index in [-0.39, 0.29) is 0 Å². The van der Waals surface area contributed by atoms with Gasteiger partial charge in [0.15, 0.2) is 5.82 Å². The van der Waals surface area contributed by atoms with Gasteiger partial charge < -0.3 is 15.5 Å². The third kappa shape index (κ3) is 4.98. The SMILES string of the molecule is CN/C=C(\C(=N)N(C)c1cccnc1)c1cnc2ccc(Nc3cc(C(C)C)cnn3)nc2c1. The Morgan fingerprint density at radius 1 is 1.06 bits per heavy atom. The number of amidine groups is 1. The van der Waals surface area contributed by atoms with Crippen LogP contribution in [0.4, 0.5) is 17.3 Å². The van der Waals surface area contributed by atoms with Crippen molar-refractivity contribution >= 4 is 39.8 Å². The molecule has 0 aliphatic carbocycles. The van der Waals surface area contributed by atoms with Gasteiger partial charge in [-0.15, -0.1) is 5.10 Å². The third-order valence-electron chi connectivity index (χ3n) is 5.36. The van der Waals surface area contributed by atoms with Crippen molar-refractivity contribution in [1.82, 2.24) is 30.5 Å². The van der Waals surface area contributed by atoms with Crippen molar-refractivity contribution < 1.29 is 0 Å². The molecular formula is C25H27N9. The van der Waals surface area contributed by atoms with E-state index in [1.54, 1.807) is 42.9 Å². The zero-order valence-corrected chi connectivity index (χ0v) is 19.6. The van der Waals surface area contributed by atoms with E-state index in [1.807, 2.05) is 43.4 Å². The second-order valence-electron chi connectivity index (χ2n) is 8.08. The Morgan fingerprint density at radius 3 is 2.65 bits per heavy atom. The highest BCUT2D eigenvalue weighted by atomic mass is 15.2. The molecule has 3 N–H and O–H groups in total. The zero-order chi connectivity index (χ0) is 24.1. The van der Waals surface area contributed by atoms with Gasteiger partial charge in [0.05, 0.1) is 29.1 Å². The molecule has 0 aromatic carbocycles. The van der Waals surface area contributed by atoms with Crippen LogP contribution in [-0.4, -0.2) is 45.1 Å². The highest BCUT2D eigenvalue weighted by molar-refractivity contribution is 6.27. The van der Waals surface area contributed by atoms with E-state index in [9.17, 15) is 0 Å². The quantitative estimate of drug-likeness (QED) is 0.279. The summed E-state index contributed by atoms with van der Waals surface area (Å²) in [6.07, 6.45) is 8.74. The fourth-order valence-corrected chi connectivity index (χ4v) is 3.41. The van der Waals surface area contributed by atoms with Gasteiger partial charge >= 0.3 is 0 Å². The summed E-state index contributed by atoms with van der Waals surface area (Å²) in [5.74, 6) is 1.93. The molecule has 9 nitrogen and oxygen atoms in total. The first-order valence-corrected chi connectivity index (χ1v) is 10.9. The topological polar surface area (TPSA) is 116 Å². The maximum Gasteiger partial charge on any atom is 0.154 e. The Kier molecular flexibility index (Phi) is 6.72. The molecule has 0 atom stereocenters. The Balaban J connectivity index is 1.65. The van der Waals surface area contributed by atoms with Crippen LogP contribution in [0, 0.1) is 5.41 Å². The van der Waals surface area contributed by atoms with E-state index in [2.05, 4.69) is 44.6 Å². The van der Waals surface area contributed by atoms with Crippen LogP contribution in [0.5, 0.6) is 0 Å². The average molecular weight is 454 g/mol. The largest absolute Gasteiger partial charge is 0.393 e. The van der Waals surface area contributed by atoms with E-state index in [0.29, 0.717) is 34.5 Å². The number of fused-ring (bicyclic) bond motifs is 1. The lowest BCUT2D eigenvalue weighted by atomic mass is 10.1. The second-order valence-corrected chi connectivity index (χ2v) is 8.08. The number of nitrogens with one attached hydrogen (secondary N) is 3. The fourth-order valence-electron chi connectivity index (χ4n) is 3.41. The van der Waals surface area contributed by atoms with Crippen LogP contribution in [0.15, 0.2) is 67.4 Å². The lowest BCUT2D eigenvalue weighted by Crippen LogP contribution is -2.27. The van der Waals surface area contributed by atoms with Crippen molar-refractivity contribution in [2.24, 2.45) is 0 Å². The van der Waals surface area contributed by atoms with Crippen LogP contribution in [0.25, 0.3) is 16.6 Å². The van der Waals surface area contributed by atoms with Crippen molar-refractivity contribution in [2.75, 3.05) is 24.3 Å². The molecule has 4 rings (SSSR count). The van der Waals surface area contributed by atoms with Crippen molar-refractivity contribution in [1.29, 1.82) is 5.41 Å². The van der Waals surface area contributed by atoms with E-state index in [0.717, 1.165) is 22.3 Å². The summed E-state index contributed by atoms with van der Waals surface area (Å²) in [6.45, 7) is 4.23. The molecule has 0 saturated carbocycles. The maximum absolute atomic E-state index is 8.80. The standard InChI is InChI=1S/C25H27N9/c1-16(2)17-11-24(33-30-13-17)32-23-8-7-21-22(31-23)10-18(12-29-21)20(15-27-3)25(26)34(4)19-6-5-9-28-14-19/h5-16,26-27H,1-4H3,(H,31,32,33)/b20-15-,26-25?. The van der Waals surface area contributed by atoms with Crippen molar-refractivity contribution in [3.8, 4) is 0 Å². The molecule has 0 fully saturated rings. The molecule has 0 saturated heterocycles. The van der Waals surface area contributed by atoms with Crippen LogP contribution in [-0.2, 0) is 0 Å². The number of aromatic nitrogens is 5. The van der Waals surface area contributed by atoms with Gasteiger partial charge in [-0.1, -0.05) is 13.8 Å². The van der Waals surface area contributed by atoms with Crippen LogP contribution >= 0.6 is 0 Å². The predicted molar refractivity (Wildman–Crippen MR) is 136 cm³/mol. The predicted octanol–water partition coefficient (Wildman–Crippen LogP) is 4.36. The molecule has 0 amide bonds. The minimum Gasteiger partial charge on any atom is -0.393 e. The van der Waals surface area contributed by atoms with Gasteiger partial charge in [0.2, 0.25) is 0 Å². The number of hydrogen-bond donors (Lipinski definition) is 3. The molecular weight excluding hydrogens is 426 g/mol. The molecule has 4 aromatic rings.